The van der Waals surface area contributed by atoms with Crippen LogP contribution in [-0.2, 0) is 0 Å². The third kappa shape index (κ3) is 3.09. The van der Waals surface area contributed by atoms with Gasteiger partial charge in [-0.15, -0.1) is 5.92 Å². The van der Waals surface area contributed by atoms with Gasteiger partial charge in [0, 0.05) is 0 Å². The number of rotatable bonds is 4. The molecule has 0 unspecified atom stereocenters. The summed E-state index contributed by atoms with van der Waals surface area (Å²) in [7, 11) is -2.39. The van der Waals surface area contributed by atoms with E-state index >= 15 is 0 Å². The smallest absolute Gasteiger partial charge is 0.102 e. The third-order valence-corrected chi connectivity index (χ3v) is 9.39. The molecule has 3 aromatic carbocycles. The Kier molecular flexibility index (Phi) is 5.33. The molecule has 0 saturated carbocycles. The lowest BCUT2D eigenvalue weighted by atomic mass is 10.3. The van der Waals surface area contributed by atoms with Crippen molar-refractivity contribution in [2.24, 2.45) is 0 Å². The summed E-state index contributed by atoms with van der Waals surface area (Å²) in [5.74, 6) is 6.59. The van der Waals surface area contributed by atoms with Crippen LogP contribution in [0.25, 0.3) is 0 Å². The maximum atomic E-state index is 3.44. The molecule has 0 fully saturated rings. The molecule has 0 spiro atoms. The van der Waals surface area contributed by atoms with Gasteiger partial charge in [-0.25, -0.2) is 0 Å². The number of allylic oxidation sites excluding steroid dienone is 2. The standard InChI is InChI=1S/C24H22Si/c1-3-14-21(4-2)25(22-15-8-5-9-16-22,23-17-10-6-11-18-23)24-19-12-7-13-20-24/h4-13,15-20H,1-2H3/b21-4+. The van der Waals surface area contributed by atoms with E-state index in [1.54, 1.807) is 0 Å². The molecule has 3 rings (SSSR count). The van der Waals surface area contributed by atoms with E-state index in [1.165, 1.54) is 20.8 Å². The van der Waals surface area contributed by atoms with Gasteiger partial charge in [0.15, 0.2) is 8.07 Å². The van der Waals surface area contributed by atoms with E-state index in [0.29, 0.717) is 0 Å². The Labute approximate surface area is 151 Å². The van der Waals surface area contributed by atoms with Crippen molar-refractivity contribution in [3.8, 4) is 11.8 Å². The summed E-state index contributed by atoms with van der Waals surface area (Å²) in [6.45, 7) is 4.03. The van der Waals surface area contributed by atoms with Crippen molar-refractivity contribution in [2.75, 3.05) is 0 Å². The third-order valence-electron chi connectivity index (χ3n) is 4.57. The van der Waals surface area contributed by atoms with Crippen LogP contribution in [0.15, 0.2) is 102 Å². The monoisotopic (exact) mass is 338 g/mol. The predicted molar refractivity (Wildman–Crippen MR) is 111 cm³/mol. The summed E-state index contributed by atoms with van der Waals surface area (Å²) in [5, 5.41) is 5.33. The van der Waals surface area contributed by atoms with E-state index in [4.69, 9.17) is 0 Å². The van der Waals surface area contributed by atoms with Crippen molar-refractivity contribution in [1.29, 1.82) is 0 Å². The summed E-state index contributed by atoms with van der Waals surface area (Å²) in [4.78, 5) is 0. The quantitative estimate of drug-likeness (QED) is 0.387. The highest BCUT2D eigenvalue weighted by Crippen LogP contribution is 2.17. The summed E-state index contributed by atoms with van der Waals surface area (Å²) in [5.41, 5.74) is 0. The van der Waals surface area contributed by atoms with E-state index in [0.717, 1.165) is 0 Å². The van der Waals surface area contributed by atoms with Crippen LogP contribution in [0.4, 0.5) is 0 Å². The fourth-order valence-corrected chi connectivity index (χ4v) is 8.30. The van der Waals surface area contributed by atoms with Crippen molar-refractivity contribution in [1.82, 2.24) is 0 Å². The Morgan fingerprint density at radius 2 is 1.04 bits per heavy atom. The van der Waals surface area contributed by atoms with Crippen LogP contribution in [0.2, 0.25) is 0 Å². The molecule has 25 heavy (non-hydrogen) atoms. The second-order valence-corrected chi connectivity index (χ2v) is 9.70. The first-order valence-electron chi connectivity index (χ1n) is 8.60. The molecule has 0 atom stereocenters. The van der Waals surface area contributed by atoms with Gasteiger partial charge >= 0.3 is 0 Å². The van der Waals surface area contributed by atoms with Crippen LogP contribution < -0.4 is 15.6 Å². The average Bonchev–Trinajstić information content (AvgIpc) is 2.70. The fraction of sp³-hybridized carbons (Fsp3) is 0.0833. The molecule has 0 bridgehead atoms. The second-order valence-electron chi connectivity index (χ2n) is 5.93. The van der Waals surface area contributed by atoms with Gasteiger partial charge in [-0.2, -0.15) is 0 Å². The van der Waals surface area contributed by atoms with Crippen molar-refractivity contribution in [3.05, 3.63) is 102 Å². The summed E-state index contributed by atoms with van der Waals surface area (Å²) in [6, 6.07) is 32.6. The van der Waals surface area contributed by atoms with E-state index in [9.17, 15) is 0 Å². The first-order valence-corrected chi connectivity index (χ1v) is 10.6. The van der Waals surface area contributed by atoms with Gasteiger partial charge in [0.2, 0.25) is 0 Å². The molecule has 0 aromatic heterocycles. The minimum Gasteiger partial charge on any atom is -0.102 e. The lowest BCUT2D eigenvalue weighted by molar-refractivity contribution is 1.63. The van der Waals surface area contributed by atoms with Gasteiger partial charge in [-0.05, 0) is 34.6 Å². The zero-order chi connectivity index (χ0) is 17.5. The molecule has 0 saturated heterocycles. The van der Waals surface area contributed by atoms with E-state index in [2.05, 4.69) is 116 Å². The summed E-state index contributed by atoms with van der Waals surface area (Å²) >= 11 is 0. The van der Waals surface area contributed by atoms with Crippen LogP contribution in [0.1, 0.15) is 13.8 Å². The van der Waals surface area contributed by atoms with Crippen LogP contribution in [0, 0.1) is 11.8 Å². The molecule has 0 aliphatic carbocycles. The van der Waals surface area contributed by atoms with Crippen LogP contribution in [0.5, 0.6) is 0 Å². The van der Waals surface area contributed by atoms with Crippen molar-refractivity contribution < 1.29 is 0 Å². The molecule has 0 amide bonds. The average molecular weight is 339 g/mol. The van der Waals surface area contributed by atoms with Crippen LogP contribution in [-0.4, -0.2) is 8.07 Å². The van der Waals surface area contributed by atoms with Gasteiger partial charge in [0.05, 0.1) is 0 Å². The minimum atomic E-state index is -2.39. The Morgan fingerprint density at radius 3 is 1.32 bits per heavy atom. The van der Waals surface area contributed by atoms with E-state index in [-0.39, 0.29) is 0 Å². The Hall–Kier alpha value is -2.82. The molecule has 0 N–H and O–H groups in total. The normalized spacial score (nSPS) is 11.5. The number of benzene rings is 3. The van der Waals surface area contributed by atoms with Crippen molar-refractivity contribution in [3.63, 3.8) is 0 Å². The first kappa shape index (κ1) is 17.0. The first-order chi connectivity index (χ1) is 12.3. The minimum absolute atomic E-state index is 1.23. The molecule has 122 valence electrons. The Morgan fingerprint density at radius 1 is 0.680 bits per heavy atom. The highest BCUT2D eigenvalue weighted by Gasteiger charge is 2.42. The van der Waals surface area contributed by atoms with Gasteiger partial charge in [0.1, 0.15) is 0 Å². The Bertz CT molecular complexity index is 801. The molecule has 0 nitrogen and oxygen atoms in total. The number of hydrogen-bond donors (Lipinski definition) is 0. The van der Waals surface area contributed by atoms with Crippen molar-refractivity contribution >= 4 is 23.6 Å². The highest BCUT2D eigenvalue weighted by atomic mass is 28.3. The molecule has 0 aliphatic rings. The van der Waals surface area contributed by atoms with E-state index < -0.39 is 8.07 Å². The lowest BCUT2D eigenvalue weighted by Gasteiger charge is -2.34. The maximum absolute atomic E-state index is 3.44. The van der Waals surface area contributed by atoms with Gasteiger partial charge in [-0.3, -0.25) is 0 Å². The Balaban J connectivity index is 2.46. The number of hydrogen-bond acceptors (Lipinski definition) is 0. The van der Waals surface area contributed by atoms with Crippen LogP contribution >= 0.6 is 0 Å². The maximum Gasteiger partial charge on any atom is 0.188 e. The van der Waals surface area contributed by atoms with Gasteiger partial charge < -0.3 is 0 Å². The zero-order valence-corrected chi connectivity index (χ0v) is 15.7. The summed E-state index contributed by atoms with van der Waals surface area (Å²) < 4.78 is 0. The topological polar surface area (TPSA) is 0 Å². The molecule has 0 aliphatic heterocycles. The lowest BCUT2D eigenvalue weighted by Crippen LogP contribution is -2.68. The fourth-order valence-electron chi connectivity index (χ4n) is 3.55. The molecule has 0 radical (unpaired) electrons. The van der Waals surface area contributed by atoms with Crippen molar-refractivity contribution in [2.45, 2.75) is 13.8 Å². The molecule has 1 heteroatoms. The SMILES string of the molecule is CC#C/C(=C\C)[Si](c1ccccc1)(c1ccccc1)c1ccccc1. The second kappa shape index (κ2) is 7.83. The predicted octanol–water partition coefficient (Wildman–Crippen LogP) is 3.67. The zero-order valence-electron chi connectivity index (χ0n) is 14.7. The largest absolute Gasteiger partial charge is 0.188 e. The van der Waals surface area contributed by atoms with E-state index in [1.807, 2.05) is 6.92 Å². The summed E-state index contributed by atoms with van der Waals surface area (Å²) in [6.07, 6.45) is 2.20. The van der Waals surface area contributed by atoms with Crippen LogP contribution in [0.3, 0.4) is 0 Å². The highest BCUT2D eigenvalue weighted by molar-refractivity contribution is 7.16. The molecular weight excluding hydrogens is 316 g/mol. The molecular formula is C24H22Si. The molecule has 0 heterocycles. The van der Waals surface area contributed by atoms with Gasteiger partial charge in [-0.1, -0.05) is 103 Å². The molecule has 3 aromatic rings. The van der Waals surface area contributed by atoms with Gasteiger partial charge in [0.25, 0.3) is 0 Å².